The minimum atomic E-state index is -3.64. The van der Waals surface area contributed by atoms with E-state index in [1.165, 1.54) is 4.31 Å². The van der Waals surface area contributed by atoms with Gasteiger partial charge in [0.2, 0.25) is 0 Å². The highest BCUT2D eigenvalue weighted by molar-refractivity contribution is 7.92. The third kappa shape index (κ3) is 2.53. The van der Waals surface area contributed by atoms with E-state index in [-0.39, 0.29) is 4.90 Å². The van der Waals surface area contributed by atoms with Crippen molar-refractivity contribution in [3.8, 4) is 5.75 Å². The predicted molar refractivity (Wildman–Crippen MR) is 97.7 cm³/mol. The van der Waals surface area contributed by atoms with Crippen LogP contribution in [0.1, 0.15) is 11.1 Å². The number of sulfonamides is 1. The molecule has 0 saturated carbocycles. The molecule has 3 aromatic rings. The molecule has 1 aromatic heterocycles. The summed E-state index contributed by atoms with van der Waals surface area (Å²) in [5.41, 5.74) is 2.85. The molecule has 0 N–H and O–H groups in total. The smallest absolute Gasteiger partial charge is 0.265 e. The van der Waals surface area contributed by atoms with Gasteiger partial charge in [-0.2, -0.15) is 0 Å². The number of pyridine rings is 1. The van der Waals surface area contributed by atoms with E-state index in [2.05, 4.69) is 4.98 Å². The third-order valence-electron chi connectivity index (χ3n) is 4.57. The first-order valence-electron chi connectivity index (χ1n) is 8.07. The number of fused-ring (bicyclic) bond motifs is 2. The van der Waals surface area contributed by atoms with Crippen LogP contribution in [-0.4, -0.2) is 27.1 Å². The van der Waals surface area contributed by atoms with Crippen LogP contribution in [0.5, 0.6) is 5.75 Å². The standard InChI is InChI=1S/C19H18N2O3S/c1-13-4-3-5-14-12-15-10-11-21(19(15)20-18(13)14)25(22,23)17-8-6-16(24-2)7-9-17/h3-9,12H,10-11H2,1-2H3. The van der Waals surface area contributed by atoms with E-state index in [1.807, 2.05) is 31.2 Å². The first-order valence-corrected chi connectivity index (χ1v) is 9.51. The van der Waals surface area contributed by atoms with Gasteiger partial charge in [-0.1, -0.05) is 18.2 Å². The molecule has 0 saturated heterocycles. The van der Waals surface area contributed by atoms with Crippen LogP contribution in [0.25, 0.3) is 10.9 Å². The number of nitrogens with zero attached hydrogens (tertiary/aromatic N) is 2. The average Bonchev–Trinajstić information content (AvgIpc) is 3.04. The highest BCUT2D eigenvalue weighted by Gasteiger charge is 2.32. The van der Waals surface area contributed by atoms with Crippen LogP contribution in [-0.2, 0) is 16.4 Å². The van der Waals surface area contributed by atoms with Crippen molar-refractivity contribution in [3.05, 3.63) is 59.7 Å². The summed E-state index contributed by atoms with van der Waals surface area (Å²) >= 11 is 0. The Morgan fingerprint density at radius 1 is 1.12 bits per heavy atom. The van der Waals surface area contributed by atoms with Gasteiger partial charge in [-0.3, -0.25) is 0 Å². The van der Waals surface area contributed by atoms with Gasteiger partial charge >= 0.3 is 0 Å². The minimum absolute atomic E-state index is 0.243. The second-order valence-corrected chi connectivity index (χ2v) is 7.98. The topological polar surface area (TPSA) is 59.5 Å². The maximum Gasteiger partial charge on any atom is 0.265 e. The van der Waals surface area contributed by atoms with Gasteiger partial charge in [-0.15, -0.1) is 0 Å². The summed E-state index contributed by atoms with van der Waals surface area (Å²) in [5.74, 6) is 1.16. The van der Waals surface area contributed by atoms with Gasteiger partial charge in [0, 0.05) is 11.9 Å². The van der Waals surface area contributed by atoms with Crippen molar-refractivity contribution in [1.82, 2.24) is 4.98 Å². The van der Waals surface area contributed by atoms with Gasteiger partial charge in [0.15, 0.2) is 0 Å². The number of ether oxygens (including phenoxy) is 1. The summed E-state index contributed by atoms with van der Waals surface area (Å²) < 4.78 is 32.6. The summed E-state index contributed by atoms with van der Waals surface area (Å²) in [6.45, 7) is 2.39. The molecule has 25 heavy (non-hydrogen) atoms. The first kappa shape index (κ1) is 15.9. The minimum Gasteiger partial charge on any atom is -0.497 e. The van der Waals surface area contributed by atoms with Gasteiger partial charge in [0.1, 0.15) is 11.6 Å². The number of para-hydroxylation sites is 1. The number of anilines is 1. The molecular formula is C19H18N2O3S. The summed E-state index contributed by atoms with van der Waals surface area (Å²) in [6.07, 6.45) is 0.668. The maximum absolute atomic E-state index is 13.1. The van der Waals surface area contributed by atoms with Crippen LogP contribution in [0.3, 0.4) is 0 Å². The van der Waals surface area contributed by atoms with Crippen LogP contribution in [0.2, 0.25) is 0 Å². The van der Waals surface area contributed by atoms with Crippen molar-refractivity contribution >= 4 is 26.7 Å². The Kier molecular flexibility index (Phi) is 3.65. The Morgan fingerprint density at radius 2 is 1.88 bits per heavy atom. The lowest BCUT2D eigenvalue weighted by molar-refractivity contribution is 0.414. The molecule has 128 valence electrons. The van der Waals surface area contributed by atoms with Crippen molar-refractivity contribution in [2.24, 2.45) is 0 Å². The normalized spacial score (nSPS) is 13.9. The zero-order valence-electron chi connectivity index (χ0n) is 14.1. The summed E-state index contributed by atoms with van der Waals surface area (Å²) in [4.78, 5) is 4.93. The highest BCUT2D eigenvalue weighted by Crippen LogP contribution is 2.34. The molecule has 0 amide bonds. The fourth-order valence-electron chi connectivity index (χ4n) is 3.22. The monoisotopic (exact) mass is 354 g/mol. The molecule has 0 unspecified atom stereocenters. The Hall–Kier alpha value is -2.60. The lowest BCUT2D eigenvalue weighted by Crippen LogP contribution is -2.29. The fourth-order valence-corrected chi connectivity index (χ4v) is 4.67. The van der Waals surface area contributed by atoms with Crippen LogP contribution in [0, 0.1) is 6.92 Å². The molecule has 1 aliphatic rings. The number of rotatable bonds is 3. The zero-order chi connectivity index (χ0) is 17.6. The zero-order valence-corrected chi connectivity index (χ0v) is 14.9. The number of hydrogen-bond donors (Lipinski definition) is 0. The van der Waals surface area contributed by atoms with Crippen LogP contribution in [0.4, 0.5) is 5.82 Å². The van der Waals surface area contributed by atoms with Crippen LogP contribution >= 0.6 is 0 Å². The highest BCUT2D eigenvalue weighted by atomic mass is 32.2. The Balaban J connectivity index is 1.82. The summed E-state index contributed by atoms with van der Waals surface area (Å²) in [5, 5.41) is 1.04. The molecule has 0 spiro atoms. The van der Waals surface area contributed by atoms with Crippen molar-refractivity contribution < 1.29 is 13.2 Å². The van der Waals surface area contributed by atoms with Crippen molar-refractivity contribution in [1.29, 1.82) is 0 Å². The molecule has 6 heteroatoms. The van der Waals surface area contributed by atoms with Crippen LogP contribution < -0.4 is 9.04 Å². The van der Waals surface area contributed by atoms with E-state index in [4.69, 9.17) is 4.74 Å². The summed E-state index contributed by atoms with van der Waals surface area (Å²) in [6, 6.07) is 14.5. The van der Waals surface area contributed by atoms with Gasteiger partial charge in [0.25, 0.3) is 10.0 Å². The molecule has 1 aliphatic heterocycles. The van der Waals surface area contributed by atoms with Gasteiger partial charge in [-0.05, 0) is 54.8 Å². The SMILES string of the molecule is COc1ccc(S(=O)(=O)N2CCc3cc4cccc(C)c4nc32)cc1. The molecule has 0 bridgehead atoms. The van der Waals surface area contributed by atoms with E-state index < -0.39 is 10.0 Å². The van der Waals surface area contributed by atoms with Gasteiger partial charge < -0.3 is 4.74 Å². The molecule has 4 rings (SSSR count). The third-order valence-corrected chi connectivity index (χ3v) is 6.38. The van der Waals surface area contributed by atoms with Crippen LogP contribution in [0.15, 0.2) is 53.4 Å². The lowest BCUT2D eigenvalue weighted by Gasteiger charge is -2.19. The van der Waals surface area contributed by atoms with Crippen molar-refractivity contribution in [2.45, 2.75) is 18.2 Å². The van der Waals surface area contributed by atoms with Crippen molar-refractivity contribution in [2.75, 3.05) is 18.0 Å². The number of aryl methyl sites for hydroxylation is 1. The van der Waals surface area contributed by atoms with Crippen molar-refractivity contribution in [3.63, 3.8) is 0 Å². The van der Waals surface area contributed by atoms with Gasteiger partial charge in [-0.25, -0.2) is 17.7 Å². The Bertz CT molecular complexity index is 1060. The molecule has 2 heterocycles. The van der Waals surface area contributed by atoms with E-state index in [0.717, 1.165) is 22.0 Å². The Morgan fingerprint density at radius 3 is 2.60 bits per heavy atom. The molecule has 5 nitrogen and oxygen atoms in total. The second-order valence-electron chi connectivity index (χ2n) is 6.12. The summed E-state index contributed by atoms with van der Waals surface area (Å²) in [7, 11) is -2.09. The Labute approximate surface area is 146 Å². The second kappa shape index (κ2) is 5.74. The maximum atomic E-state index is 13.1. The van der Waals surface area contributed by atoms with E-state index in [1.54, 1.807) is 31.4 Å². The fraction of sp³-hybridized carbons (Fsp3) is 0.211. The molecule has 0 aliphatic carbocycles. The molecule has 0 atom stereocenters. The van der Waals surface area contributed by atoms with E-state index >= 15 is 0 Å². The molecule has 0 radical (unpaired) electrons. The van der Waals surface area contributed by atoms with E-state index in [0.29, 0.717) is 24.5 Å². The number of benzene rings is 2. The molecule has 2 aromatic carbocycles. The number of methoxy groups -OCH3 is 1. The number of hydrogen-bond acceptors (Lipinski definition) is 4. The first-order chi connectivity index (χ1) is 12.0. The van der Waals surface area contributed by atoms with E-state index in [9.17, 15) is 8.42 Å². The average molecular weight is 354 g/mol. The van der Waals surface area contributed by atoms with Gasteiger partial charge in [0.05, 0.1) is 17.5 Å². The molecular weight excluding hydrogens is 336 g/mol. The number of aromatic nitrogens is 1. The predicted octanol–water partition coefficient (Wildman–Crippen LogP) is 3.30. The quantitative estimate of drug-likeness (QED) is 0.724. The lowest BCUT2D eigenvalue weighted by atomic mass is 10.1. The largest absolute Gasteiger partial charge is 0.497 e. The molecule has 0 fully saturated rings.